The molecular formula is C15H15FO2S. The fourth-order valence-electron chi connectivity index (χ4n) is 1.99. The molecular weight excluding hydrogens is 263 g/mol. The zero-order valence-corrected chi connectivity index (χ0v) is 11.2. The molecule has 4 heteroatoms. The summed E-state index contributed by atoms with van der Waals surface area (Å²) in [5.41, 5.74) is 0.861. The Balaban J connectivity index is 1.96. The number of hydrogen-bond acceptors (Lipinski definition) is 2. The van der Waals surface area contributed by atoms with Crippen molar-refractivity contribution in [2.24, 2.45) is 5.92 Å². The van der Waals surface area contributed by atoms with Crippen LogP contribution < -0.4 is 0 Å². The zero-order valence-electron chi connectivity index (χ0n) is 10.4. The van der Waals surface area contributed by atoms with Crippen LogP contribution >= 0.6 is 11.3 Å². The Morgan fingerprint density at radius 3 is 2.58 bits per heavy atom. The van der Waals surface area contributed by atoms with Crippen molar-refractivity contribution in [3.8, 4) is 0 Å². The van der Waals surface area contributed by atoms with Gasteiger partial charge in [0.25, 0.3) is 0 Å². The van der Waals surface area contributed by atoms with E-state index in [1.165, 1.54) is 17.0 Å². The van der Waals surface area contributed by atoms with Crippen molar-refractivity contribution in [1.82, 2.24) is 0 Å². The molecule has 100 valence electrons. The van der Waals surface area contributed by atoms with Gasteiger partial charge >= 0.3 is 5.97 Å². The number of hydrogen-bond donors (Lipinski definition) is 1. The third-order valence-corrected chi connectivity index (χ3v) is 4.00. The molecule has 0 amide bonds. The number of carbonyl (C=O) groups is 1. The van der Waals surface area contributed by atoms with E-state index >= 15 is 0 Å². The second-order valence-electron chi connectivity index (χ2n) is 4.48. The molecule has 0 saturated heterocycles. The summed E-state index contributed by atoms with van der Waals surface area (Å²) >= 11 is 1.64. The highest BCUT2D eigenvalue weighted by Crippen LogP contribution is 2.18. The number of aliphatic carboxylic acids is 1. The van der Waals surface area contributed by atoms with Gasteiger partial charge in [0.05, 0.1) is 5.92 Å². The van der Waals surface area contributed by atoms with E-state index in [1.807, 2.05) is 17.5 Å². The monoisotopic (exact) mass is 278 g/mol. The summed E-state index contributed by atoms with van der Waals surface area (Å²) in [6, 6.07) is 10.0. The highest BCUT2D eigenvalue weighted by Gasteiger charge is 2.18. The molecule has 0 aliphatic rings. The van der Waals surface area contributed by atoms with Crippen molar-refractivity contribution in [1.29, 1.82) is 0 Å². The van der Waals surface area contributed by atoms with Crippen molar-refractivity contribution < 1.29 is 14.3 Å². The van der Waals surface area contributed by atoms with Crippen LogP contribution in [0.2, 0.25) is 0 Å². The van der Waals surface area contributed by atoms with Gasteiger partial charge in [-0.1, -0.05) is 18.2 Å². The standard InChI is InChI=1S/C15H15FO2S/c16-13-6-3-11(4-7-13)10-12(15(17)18)5-8-14-2-1-9-19-14/h1-4,6-7,9,12H,5,8,10H2,(H,17,18). The van der Waals surface area contributed by atoms with Crippen molar-refractivity contribution in [2.75, 3.05) is 0 Å². The molecule has 0 radical (unpaired) electrons. The summed E-state index contributed by atoms with van der Waals surface area (Å²) in [6.45, 7) is 0. The molecule has 0 fully saturated rings. The third-order valence-electron chi connectivity index (χ3n) is 3.06. The second kappa shape index (κ2) is 6.48. The quantitative estimate of drug-likeness (QED) is 0.873. The summed E-state index contributed by atoms with van der Waals surface area (Å²) in [5.74, 6) is -1.51. The molecule has 2 rings (SSSR count). The predicted molar refractivity (Wildman–Crippen MR) is 73.9 cm³/mol. The maximum atomic E-state index is 12.8. The Kier molecular flexibility index (Phi) is 4.68. The highest BCUT2D eigenvalue weighted by molar-refractivity contribution is 7.09. The van der Waals surface area contributed by atoms with E-state index in [9.17, 15) is 14.3 Å². The van der Waals surface area contributed by atoms with E-state index in [-0.39, 0.29) is 5.82 Å². The molecule has 1 aromatic carbocycles. The number of rotatable bonds is 6. The number of halogens is 1. The Morgan fingerprint density at radius 1 is 1.26 bits per heavy atom. The van der Waals surface area contributed by atoms with Gasteiger partial charge in [0.15, 0.2) is 0 Å². The van der Waals surface area contributed by atoms with Crippen LogP contribution in [0.5, 0.6) is 0 Å². The van der Waals surface area contributed by atoms with Gasteiger partial charge in [-0.25, -0.2) is 4.39 Å². The first-order valence-electron chi connectivity index (χ1n) is 6.15. The first kappa shape index (κ1) is 13.7. The molecule has 0 bridgehead atoms. The Hall–Kier alpha value is -1.68. The average molecular weight is 278 g/mol. The number of carboxylic acid groups (broad SMARTS) is 1. The molecule has 1 aromatic heterocycles. The van der Waals surface area contributed by atoms with Crippen LogP contribution in [-0.4, -0.2) is 11.1 Å². The van der Waals surface area contributed by atoms with Crippen LogP contribution in [0.4, 0.5) is 4.39 Å². The molecule has 19 heavy (non-hydrogen) atoms. The van der Waals surface area contributed by atoms with Crippen molar-refractivity contribution >= 4 is 17.3 Å². The summed E-state index contributed by atoms with van der Waals surface area (Å²) in [5, 5.41) is 11.2. The summed E-state index contributed by atoms with van der Waals surface area (Å²) < 4.78 is 12.8. The van der Waals surface area contributed by atoms with Crippen LogP contribution in [0, 0.1) is 11.7 Å². The minimum absolute atomic E-state index is 0.297. The third kappa shape index (κ3) is 4.17. The first-order valence-corrected chi connectivity index (χ1v) is 7.03. The van der Waals surface area contributed by atoms with Crippen molar-refractivity contribution in [3.05, 3.63) is 58.0 Å². The first-order chi connectivity index (χ1) is 9.15. The molecule has 0 aliphatic carbocycles. The van der Waals surface area contributed by atoms with E-state index in [0.29, 0.717) is 12.8 Å². The molecule has 0 aliphatic heterocycles. The van der Waals surface area contributed by atoms with Gasteiger partial charge in [-0.15, -0.1) is 11.3 Å². The predicted octanol–water partition coefficient (Wildman–Crippen LogP) is 3.76. The van der Waals surface area contributed by atoms with Crippen LogP contribution in [0.25, 0.3) is 0 Å². The Labute approximate surface area is 115 Å². The zero-order chi connectivity index (χ0) is 13.7. The van der Waals surface area contributed by atoms with Gasteiger partial charge in [-0.05, 0) is 48.4 Å². The van der Waals surface area contributed by atoms with Crippen LogP contribution in [0.1, 0.15) is 16.9 Å². The largest absolute Gasteiger partial charge is 0.481 e. The van der Waals surface area contributed by atoms with Crippen molar-refractivity contribution in [2.45, 2.75) is 19.3 Å². The van der Waals surface area contributed by atoms with Gasteiger partial charge in [0.2, 0.25) is 0 Å². The molecule has 0 saturated carbocycles. The van der Waals surface area contributed by atoms with E-state index in [4.69, 9.17) is 0 Å². The molecule has 1 heterocycles. The van der Waals surface area contributed by atoms with E-state index in [0.717, 1.165) is 12.0 Å². The molecule has 1 N–H and O–H groups in total. The van der Waals surface area contributed by atoms with Gasteiger partial charge < -0.3 is 5.11 Å². The topological polar surface area (TPSA) is 37.3 Å². The second-order valence-corrected chi connectivity index (χ2v) is 5.52. The van der Waals surface area contributed by atoms with Crippen LogP contribution in [0.15, 0.2) is 41.8 Å². The lowest BCUT2D eigenvalue weighted by molar-refractivity contribution is -0.141. The average Bonchev–Trinajstić information content (AvgIpc) is 2.89. The number of thiophene rings is 1. The van der Waals surface area contributed by atoms with Crippen molar-refractivity contribution in [3.63, 3.8) is 0 Å². The van der Waals surface area contributed by atoms with E-state index < -0.39 is 11.9 Å². The maximum Gasteiger partial charge on any atom is 0.306 e. The SMILES string of the molecule is O=C(O)C(CCc1cccs1)Cc1ccc(F)cc1. The fraction of sp³-hybridized carbons (Fsp3) is 0.267. The Bertz CT molecular complexity index is 520. The number of aryl methyl sites for hydroxylation is 1. The summed E-state index contributed by atoms with van der Waals surface area (Å²) in [7, 11) is 0. The van der Waals surface area contributed by atoms with Crippen LogP contribution in [0.3, 0.4) is 0 Å². The smallest absolute Gasteiger partial charge is 0.306 e. The fourth-order valence-corrected chi connectivity index (χ4v) is 2.71. The van der Waals surface area contributed by atoms with Crippen LogP contribution in [-0.2, 0) is 17.6 Å². The molecule has 0 spiro atoms. The number of benzene rings is 1. The lowest BCUT2D eigenvalue weighted by Crippen LogP contribution is -2.17. The highest BCUT2D eigenvalue weighted by atomic mass is 32.1. The normalized spacial score (nSPS) is 12.3. The summed E-state index contributed by atoms with van der Waals surface area (Å²) in [4.78, 5) is 12.5. The number of carboxylic acids is 1. The van der Waals surface area contributed by atoms with E-state index in [1.54, 1.807) is 23.5 Å². The maximum absolute atomic E-state index is 12.8. The van der Waals surface area contributed by atoms with Gasteiger partial charge in [0.1, 0.15) is 5.82 Å². The summed E-state index contributed by atoms with van der Waals surface area (Å²) in [6.07, 6.45) is 1.82. The van der Waals surface area contributed by atoms with Gasteiger partial charge in [-0.3, -0.25) is 4.79 Å². The molecule has 2 nitrogen and oxygen atoms in total. The molecule has 2 aromatic rings. The van der Waals surface area contributed by atoms with Gasteiger partial charge in [0, 0.05) is 4.88 Å². The minimum atomic E-state index is -0.791. The molecule has 1 atom stereocenters. The minimum Gasteiger partial charge on any atom is -0.481 e. The van der Waals surface area contributed by atoms with Gasteiger partial charge in [-0.2, -0.15) is 0 Å². The molecule has 1 unspecified atom stereocenters. The Morgan fingerprint density at radius 2 is 2.00 bits per heavy atom. The lowest BCUT2D eigenvalue weighted by atomic mass is 9.94. The lowest BCUT2D eigenvalue weighted by Gasteiger charge is -2.11. The van der Waals surface area contributed by atoms with E-state index in [2.05, 4.69) is 0 Å².